The highest BCUT2D eigenvalue weighted by molar-refractivity contribution is 9.10. The Balaban J connectivity index is 0.000000260. The van der Waals surface area contributed by atoms with Crippen LogP contribution in [0.2, 0.25) is 10.0 Å². The van der Waals surface area contributed by atoms with Crippen molar-refractivity contribution < 1.29 is 37.3 Å². The standard InChI is InChI=1S/C18H15ClFNO3.C17H12BrClFNO3/c1-4-23-16(22)7-12-6-5-11(2)18(17(12)20)24-15-9-13(19)8-14(10-15)21-3;1-3-23-15(22)6-10-4-5-14(18)17(16(10)20)24-13-8-11(19)7-12(9-13)21-2/h5-6,8-10H,4,7H2,1-2H3;4-5,7-9H,3,6H2,1H3. The van der Waals surface area contributed by atoms with Gasteiger partial charge in [0.15, 0.2) is 34.5 Å². The largest absolute Gasteiger partial charge is 0.466 e. The fourth-order valence-corrected chi connectivity index (χ4v) is 4.90. The molecule has 4 aromatic carbocycles. The summed E-state index contributed by atoms with van der Waals surface area (Å²) in [5, 5.41) is 0.622. The molecule has 8 nitrogen and oxygen atoms in total. The number of hydrogen-bond acceptors (Lipinski definition) is 6. The number of nitrogens with zero attached hydrogens (tertiary/aromatic N) is 2. The second kappa shape index (κ2) is 18.0. The highest BCUT2D eigenvalue weighted by atomic mass is 79.9. The van der Waals surface area contributed by atoms with Gasteiger partial charge in [-0.1, -0.05) is 41.4 Å². The normalized spacial score (nSPS) is 10.1. The molecule has 0 heterocycles. The molecule has 0 unspecified atom stereocenters. The average Bonchev–Trinajstić information content (AvgIpc) is 3.04. The minimum absolute atomic E-state index is 0.00463. The van der Waals surface area contributed by atoms with Crippen LogP contribution in [0.5, 0.6) is 23.0 Å². The van der Waals surface area contributed by atoms with Crippen LogP contribution in [0.4, 0.5) is 20.2 Å². The second-order valence-corrected chi connectivity index (χ2v) is 11.4. The number of esters is 2. The summed E-state index contributed by atoms with van der Waals surface area (Å²) < 4.78 is 50.5. The maximum Gasteiger partial charge on any atom is 0.310 e. The molecule has 0 aliphatic heterocycles. The van der Waals surface area contributed by atoms with E-state index in [1.54, 1.807) is 32.9 Å². The van der Waals surface area contributed by atoms with Gasteiger partial charge in [0.2, 0.25) is 0 Å². The number of aryl methyl sites for hydroxylation is 1. The quantitative estimate of drug-likeness (QED) is 0.118. The predicted octanol–water partition coefficient (Wildman–Crippen LogP) is 10.9. The van der Waals surface area contributed by atoms with Gasteiger partial charge in [-0.3, -0.25) is 9.59 Å². The van der Waals surface area contributed by atoms with Gasteiger partial charge in [0.1, 0.15) is 11.5 Å². The lowest BCUT2D eigenvalue weighted by Gasteiger charge is -2.13. The van der Waals surface area contributed by atoms with E-state index >= 15 is 0 Å². The summed E-state index contributed by atoms with van der Waals surface area (Å²) in [6, 6.07) is 15.1. The van der Waals surface area contributed by atoms with E-state index in [-0.39, 0.29) is 65.9 Å². The molecule has 0 aliphatic carbocycles. The van der Waals surface area contributed by atoms with E-state index in [1.165, 1.54) is 48.5 Å². The van der Waals surface area contributed by atoms with Gasteiger partial charge in [-0.15, -0.1) is 0 Å². The summed E-state index contributed by atoms with van der Waals surface area (Å²) in [6.45, 7) is 19.6. The van der Waals surface area contributed by atoms with Crippen LogP contribution in [0.1, 0.15) is 30.5 Å². The third-order valence-electron chi connectivity index (χ3n) is 6.19. The van der Waals surface area contributed by atoms with Crippen LogP contribution in [-0.2, 0) is 31.9 Å². The molecule has 4 rings (SSSR count). The number of halogens is 5. The Morgan fingerprint density at radius 2 is 1.17 bits per heavy atom. The zero-order chi connectivity index (χ0) is 35.4. The lowest BCUT2D eigenvalue weighted by molar-refractivity contribution is -0.143. The van der Waals surface area contributed by atoms with Gasteiger partial charge < -0.3 is 18.9 Å². The summed E-state index contributed by atoms with van der Waals surface area (Å²) in [4.78, 5) is 29.7. The fraction of sp³-hybridized carbons (Fsp3) is 0.200. The van der Waals surface area contributed by atoms with E-state index in [9.17, 15) is 18.4 Å². The van der Waals surface area contributed by atoms with E-state index in [1.807, 2.05) is 0 Å². The zero-order valence-electron chi connectivity index (χ0n) is 25.8. The number of hydrogen-bond donors (Lipinski definition) is 0. The van der Waals surface area contributed by atoms with Crippen LogP contribution in [0.3, 0.4) is 0 Å². The van der Waals surface area contributed by atoms with Crippen molar-refractivity contribution in [3.05, 3.63) is 126 Å². The van der Waals surface area contributed by atoms with Crippen LogP contribution in [0.25, 0.3) is 9.69 Å². The molecule has 0 amide bonds. The van der Waals surface area contributed by atoms with Crippen molar-refractivity contribution in [1.29, 1.82) is 0 Å². The van der Waals surface area contributed by atoms with E-state index < -0.39 is 23.6 Å². The lowest BCUT2D eigenvalue weighted by Crippen LogP contribution is -2.09. The van der Waals surface area contributed by atoms with Crippen molar-refractivity contribution >= 4 is 62.4 Å². The Morgan fingerprint density at radius 1 is 0.729 bits per heavy atom. The maximum absolute atomic E-state index is 14.7. The van der Waals surface area contributed by atoms with Crippen LogP contribution in [0, 0.1) is 31.7 Å². The summed E-state index contributed by atoms with van der Waals surface area (Å²) in [5.74, 6) is -1.96. The number of carbonyl (C=O) groups is 2. The molecule has 0 aliphatic rings. The molecule has 4 aromatic rings. The Kier molecular flexibility index (Phi) is 14.2. The fourth-order valence-electron chi connectivity index (χ4n) is 4.07. The summed E-state index contributed by atoms with van der Waals surface area (Å²) in [7, 11) is 0. The summed E-state index contributed by atoms with van der Waals surface area (Å²) >= 11 is 15.1. The van der Waals surface area contributed by atoms with E-state index in [0.29, 0.717) is 25.8 Å². The SMILES string of the molecule is [C-]#[N+]c1cc(Cl)cc(Oc2c(Br)ccc(CC(=O)OCC)c2F)c1.[C-]#[N+]c1cc(Cl)cc(Oc2c(C)ccc(CC(=O)OCC)c2F)c1. The molecule has 0 radical (unpaired) electrons. The van der Waals surface area contributed by atoms with Crippen molar-refractivity contribution in [1.82, 2.24) is 0 Å². The first-order valence-electron chi connectivity index (χ1n) is 14.2. The van der Waals surface area contributed by atoms with E-state index in [4.69, 9.17) is 55.3 Å². The van der Waals surface area contributed by atoms with Crippen LogP contribution in [0.15, 0.2) is 65.1 Å². The van der Waals surface area contributed by atoms with Gasteiger partial charge in [-0.25, -0.2) is 18.5 Å². The Bertz CT molecular complexity index is 1770. The molecule has 248 valence electrons. The number of benzene rings is 4. The maximum atomic E-state index is 14.7. The lowest BCUT2D eigenvalue weighted by atomic mass is 10.1. The summed E-state index contributed by atoms with van der Waals surface area (Å²) in [6.07, 6.45) is -0.384. The van der Waals surface area contributed by atoms with Gasteiger partial charge >= 0.3 is 11.9 Å². The zero-order valence-corrected chi connectivity index (χ0v) is 28.9. The smallest absolute Gasteiger partial charge is 0.310 e. The van der Waals surface area contributed by atoms with Gasteiger partial charge in [-0.05, 0) is 84.7 Å². The highest BCUT2D eigenvalue weighted by Crippen LogP contribution is 2.37. The van der Waals surface area contributed by atoms with Crippen LogP contribution >= 0.6 is 39.1 Å². The minimum Gasteiger partial charge on any atom is -0.466 e. The van der Waals surface area contributed by atoms with Crippen LogP contribution < -0.4 is 9.47 Å². The van der Waals surface area contributed by atoms with Gasteiger partial charge in [0.25, 0.3) is 0 Å². The molecule has 0 N–H and O–H groups in total. The molecule has 0 bridgehead atoms. The molecular weight excluding hydrogens is 733 g/mol. The van der Waals surface area contributed by atoms with Crippen molar-refractivity contribution in [2.45, 2.75) is 33.6 Å². The van der Waals surface area contributed by atoms with Gasteiger partial charge in [-0.2, -0.15) is 0 Å². The molecule has 0 fully saturated rings. The average molecular weight is 760 g/mol. The first-order valence-corrected chi connectivity index (χ1v) is 15.7. The Morgan fingerprint density at radius 3 is 1.62 bits per heavy atom. The molecule has 0 spiro atoms. The minimum atomic E-state index is -0.679. The van der Waals surface area contributed by atoms with Crippen molar-refractivity contribution in [2.24, 2.45) is 0 Å². The molecule has 48 heavy (non-hydrogen) atoms. The number of carbonyl (C=O) groups excluding carboxylic acids is 2. The Hall–Kier alpha value is -4.68. The van der Waals surface area contributed by atoms with Crippen molar-refractivity contribution in [3.63, 3.8) is 0 Å². The molecule has 0 atom stereocenters. The number of ether oxygens (including phenoxy) is 4. The molecule has 13 heteroatoms. The third-order valence-corrected chi connectivity index (χ3v) is 7.25. The first-order chi connectivity index (χ1) is 22.9. The monoisotopic (exact) mass is 758 g/mol. The molecular formula is C35H27BrCl2F2N2O6. The van der Waals surface area contributed by atoms with Crippen molar-refractivity contribution in [3.8, 4) is 23.0 Å². The molecule has 0 saturated heterocycles. The molecule has 0 aromatic heterocycles. The Labute approximate surface area is 294 Å². The van der Waals surface area contributed by atoms with Gasteiger partial charge in [0.05, 0.1) is 43.7 Å². The van der Waals surface area contributed by atoms with Crippen molar-refractivity contribution in [2.75, 3.05) is 13.2 Å². The second-order valence-electron chi connectivity index (χ2n) is 9.72. The number of rotatable bonds is 10. The third kappa shape index (κ3) is 10.7. The summed E-state index contributed by atoms with van der Waals surface area (Å²) in [5.41, 5.74) is 1.46. The first kappa shape index (κ1) is 37.8. The van der Waals surface area contributed by atoms with Gasteiger partial charge in [0, 0.05) is 21.2 Å². The van der Waals surface area contributed by atoms with Crippen LogP contribution in [-0.4, -0.2) is 25.2 Å². The predicted molar refractivity (Wildman–Crippen MR) is 181 cm³/mol. The molecule has 0 saturated carbocycles. The van der Waals surface area contributed by atoms with E-state index in [0.717, 1.165) is 0 Å². The highest BCUT2D eigenvalue weighted by Gasteiger charge is 2.19. The topological polar surface area (TPSA) is 79.8 Å². The van der Waals surface area contributed by atoms with E-state index in [2.05, 4.69) is 25.6 Å².